The molecular formula is C23H22F3N5O2. The van der Waals surface area contributed by atoms with Crippen molar-refractivity contribution >= 4 is 5.91 Å². The molecule has 10 heteroatoms. The number of likely N-dealkylation sites (tertiary alicyclic amines) is 1. The van der Waals surface area contributed by atoms with Gasteiger partial charge in [0.25, 0.3) is 5.91 Å². The highest BCUT2D eigenvalue weighted by Gasteiger charge is 2.49. The number of aryl methyl sites for hydroxylation is 2. The van der Waals surface area contributed by atoms with Crippen LogP contribution in [0.3, 0.4) is 0 Å². The van der Waals surface area contributed by atoms with E-state index in [1.54, 1.807) is 17.3 Å². The van der Waals surface area contributed by atoms with Gasteiger partial charge in [0.05, 0.1) is 11.6 Å². The third-order valence-electron chi connectivity index (χ3n) is 6.31. The fourth-order valence-corrected chi connectivity index (χ4v) is 4.77. The molecule has 1 amide bonds. The highest BCUT2D eigenvalue weighted by Crippen LogP contribution is 2.41. The van der Waals surface area contributed by atoms with Gasteiger partial charge < -0.3 is 14.2 Å². The van der Waals surface area contributed by atoms with Gasteiger partial charge in [-0.15, -0.1) is 0 Å². The maximum Gasteiger partial charge on any atom is 0.417 e. The molecule has 3 unspecified atom stereocenters. The van der Waals surface area contributed by atoms with Crippen LogP contribution in [0.15, 0.2) is 43.0 Å². The van der Waals surface area contributed by atoms with Gasteiger partial charge in [-0.05, 0) is 43.4 Å². The van der Waals surface area contributed by atoms with Gasteiger partial charge in [0.1, 0.15) is 17.6 Å². The molecule has 2 bridgehead atoms. The van der Waals surface area contributed by atoms with Crippen LogP contribution in [0.2, 0.25) is 0 Å². The second-order valence-electron chi connectivity index (χ2n) is 8.67. The third-order valence-corrected chi connectivity index (χ3v) is 6.31. The predicted molar refractivity (Wildman–Crippen MR) is 112 cm³/mol. The number of hydrogen-bond acceptors (Lipinski definition) is 5. The zero-order valence-electron chi connectivity index (χ0n) is 18.1. The standard InChI is InChI=1S/C23H22F3N5O2/c1-13-7-16(21-27-5-6-30(21)2)20(29-10-13)22(32)31-12-14-8-17(31)18(9-14)33-19-4-3-15(11-28-19)23(24,25)26/h3-7,10-11,14,17-18H,8-9,12H2,1-2H3. The van der Waals surface area contributed by atoms with Crippen LogP contribution in [0.1, 0.15) is 34.5 Å². The Hall–Kier alpha value is -3.43. The molecule has 0 spiro atoms. The van der Waals surface area contributed by atoms with Crippen LogP contribution in [-0.4, -0.2) is 49.0 Å². The van der Waals surface area contributed by atoms with Crippen molar-refractivity contribution in [3.05, 3.63) is 59.8 Å². The lowest BCUT2D eigenvalue weighted by Gasteiger charge is -2.33. The van der Waals surface area contributed by atoms with Gasteiger partial charge in [0.2, 0.25) is 5.88 Å². The number of rotatable bonds is 4. The lowest BCUT2D eigenvalue weighted by Crippen LogP contribution is -2.47. The van der Waals surface area contributed by atoms with Crippen LogP contribution in [-0.2, 0) is 13.2 Å². The smallest absolute Gasteiger partial charge is 0.417 e. The molecule has 7 nitrogen and oxygen atoms in total. The molecule has 33 heavy (non-hydrogen) atoms. The van der Waals surface area contributed by atoms with Crippen LogP contribution >= 0.6 is 0 Å². The van der Waals surface area contributed by atoms with Gasteiger partial charge >= 0.3 is 6.18 Å². The fraction of sp³-hybridized carbons (Fsp3) is 0.391. The Morgan fingerprint density at radius 3 is 2.61 bits per heavy atom. The minimum absolute atomic E-state index is 0.120. The molecule has 3 aromatic rings. The SMILES string of the molecule is Cc1cnc(C(=O)N2CC3CC(Oc4ccc(C(F)(F)F)cn4)C2C3)c(-c2nccn2C)c1. The average molecular weight is 457 g/mol. The van der Waals surface area contributed by atoms with Crippen molar-refractivity contribution in [2.75, 3.05) is 6.54 Å². The van der Waals surface area contributed by atoms with Crippen molar-refractivity contribution in [3.8, 4) is 17.3 Å². The average Bonchev–Trinajstić information content (AvgIpc) is 3.48. The van der Waals surface area contributed by atoms with E-state index < -0.39 is 11.7 Å². The van der Waals surface area contributed by atoms with E-state index in [1.807, 2.05) is 30.8 Å². The zero-order valence-corrected chi connectivity index (χ0v) is 18.1. The number of ether oxygens (including phenoxy) is 1. The summed E-state index contributed by atoms with van der Waals surface area (Å²) in [5, 5.41) is 0. The third kappa shape index (κ3) is 3.94. The van der Waals surface area contributed by atoms with E-state index in [0.29, 0.717) is 23.6 Å². The Balaban J connectivity index is 1.38. The summed E-state index contributed by atoms with van der Waals surface area (Å²) in [5.41, 5.74) is 1.08. The minimum atomic E-state index is -4.45. The Labute approximate surface area is 188 Å². The molecule has 0 N–H and O–H groups in total. The number of carbonyl (C=O) groups is 1. The summed E-state index contributed by atoms with van der Waals surface area (Å²) in [6, 6.07) is 3.89. The first kappa shape index (κ1) is 21.4. The molecule has 1 aliphatic heterocycles. The molecule has 172 valence electrons. The fourth-order valence-electron chi connectivity index (χ4n) is 4.77. The minimum Gasteiger partial charge on any atom is -0.472 e. The quantitative estimate of drug-likeness (QED) is 0.595. The van der Waals surface area contributed by atoms with Gasteiger partial charge in [0.15, 0.2) is 0 Å². The molecule has 2 aliphatic rings. The Morgan fingerprint density at radius 1 is 1.15 bits per heavy atom. The predicted octanol–water partition coefficient (Wildman–Crippen LogP) is 3.89. The van der Waals surface area contributed by atoms with Crippen molar-refractivity contribution in [3.63, 3.8) is 0 Å². The lowest BCUT2D eigenvalue weighted by atomic mass is 10.1. The maximum absolute atomic E-state index is 13.6. The molecule has 1 saturated carbocycles. The van der Waals surface area contributed by atoms with Gasteiger partial charge in [-0.25, -0.2) is 9.97 Å². The number of halogens is 3. The Kier molecular flexibility index (Phi) is 5.10. The van der Waals surface area contributed by atoms with E-state index in [-0.39, 0.29) is 29.9 Å². The number of pyridine rings is 2. The molecule has 1 aliphatic carbocycles. The normalized spacial score (nSPS) is 22.1. The van der Waals surface area contributed by atoms with E-state index in [9.17, 15) is 18.0 Å². The Bertz CT molecular complexity index is 1190. The monoisotopic (exact) mass is 457 g/mol. The van der Waals surface area contributed by atoms with Gasteiger partial charge in [-0.3, -0.25) is 9.78 Å². The maximum atomic E-state index is 13.6. The summed E-state index contributed by atoms with van der Waals surface area (Å²) in [6.07, 6.45) is 2.63. The van der Waals surface area contributed by atoms with Crippen LogP contribution in [0.5, 0.6) is 5.88 Å². The van der Waals surface area contributed by atoms with E-state index in [1.165, 1.54) is 6.07 Å². The van der Waals surface area contributed by atoms with E-state index >= 15 is 0 Å². The van der Waals surface area contributed by atoms with Crippen molar-refractivity contribution in [1.29, 1.82) is 0 Å². The number of hydrogen-bond donors (Lipinski definition) is 0. The molecule has 0 radical (unpaired) electrons. The summed E-state index contributed by atoms with van der Waals surface area (Å²) in [4.78, 5) is 28.0. The summed E-state index contributed by atoms with van der Waals surface area (Å²) in [5.74, 6) is 0.838. The van der Waals surface area contributed by atoms with Crippen molar-refractivity contribution in [1.82, 2.24) is 24.4 Å². The second kappa shape index (κ2) is 7.86. The number of alkyl halides is 3. The lowest BCUT2D eigenvalue weighted by molar-refractivity contribution is -0.137. The van der Waals surface area contributed by atoms with Crippen LogP contribution < -0.4 is 4.74 Å². The molecule has 0 aromatic carbocycles. The highest BCUT2D eigenvalue weighted by atomic mass is 19.4. The molecule has 2 fully saturated rings. The van der Waals surface area contributed by atoms with Crippen LogP contribution in [0.25, 0.3) is 11.4 Å². The number of imidazole rings is 1. The number of nitrogens with zero attached hydrogens (tertiary/aromatic N) is 5. The summed E-state index contributed by atoms with van der Waals surface area (Å²) < 4.78 is 46.2. The molecular weight excluding hydrogens is 435 g/mol. The number of aromatic nitrogens is 4. The number of amides is 1. The summed E-state index contributed by atoms with van der Waals surface area (Å²) in [6.45, 7) is 2.51. The molecule has 4 heterocycles. The number of piperidine rings is 1. The highest BCUT2D eigenvalue weighted by molar-refractivity contribution is 5.98. The van der Waals surface area contributed by atoms with Crippen molar-refractivity contribution in [2.24, 2.45) is 13.0 Å². The summed E-state index contributed by atoms with van der Waals surface area (Å²) in [7, 11) is 1.86. The molecule has 3 atom stereocenters. The molecule has 1 saturated heterocycles. The largest absolute Gasteiger partial charge is 0.472 e. The first-order chi connectivity index (χ1) is 15.7. The number of fused-ring (bicyclic) bond motifs is 2. The van der Waals surface area contributed by atoms with Crippen LogP contribution in [0, 0.1) is 12.8 Å². The van der Waals surface area contributed by atoms with Gasteiger partial charge in [-0.2, -0.15) is 13.2 Å². The summed E-state index contributed by atoms with van der Waals surface area (Å²) >= 11 is 0. The second-order valence-corrected chi connectivity index (χ2v) is 8.67. The van der Waals surface area contributed by atoms with E-state index in [2.05, 4.69) is 15.0 Å². The zero-order chi connectivity index (χ0) is 23.3. The van der Waals surface area contributed by atoms with Crippen molar-refractivity contribution < 1.29 is 22.7 Å². The first-order valence-corrected chi connectivity index (χ1v) is 10.7. The Morgan fingerprint density at radius 2 is 1.97 bits per heavy atom. The van der Waals surface area contributed by atoms with Gasteiger partial charge in [0, 0.05) is 50.0 Å². The van der Waals surface area contributed by atoms with Crippen molar-refractivity contribution in [2.45, 2.75) is 38.1 Å². The first-order valence-electron chi connectivity index (χ1n) is 10.7. The molecule has 3 aromatic heterocycles. The van der Waals surface area contributed by atoms with Gasteiger partial charge in [-0.1, -0.05) is 0 Å². The van der Waals surface area contributed by atoms with E-state index in [0.717, 1.165) is 30.7 Å². The topological polar surface area (TPSA) is 73.1 Å². The number of carbonyl (C=O) groups excluding carboxylic acids is 1. The molecule has 5 rings (SSSR count). The van der Waals surface area contributed by atoms with Crippen LogP contribution in [0.4, 0.5) is 13.2 Å². The van der Waals surface area contributed by atoms with E-state index in [4.69, 9.17) is 4.74 Å².